The van der Waals surface area contributed by atoms with Crippen LogP contribution in [0.4, 0.5) is 19.5 Å². The van der Waals surface area contributed by atoms with Gasteiger partial charge in [0.1, 0.15) is 11.4 Å². The summed E-state index contributed by atoms with van der Waals surface area (Å²) in [5, 5.41) is 5.40. The normalized spacial score (nSPS) is 19.1. The number of alkyl halides is 2. The molecule has 0 spiro atoms. The monoisotopic (exact) mass is 629 g/mol. The summed E-state index contributed by atoms with van der Waals surface area (Å²) in [5.74, 6) is -1.38. The summed E-state index contributed by atoms with van der Waals surface area (Å²) < 4.78 is 38.9. The van der Waals surface area contributed by atoms with E-state index in [1.807, 2.05) is 64.1 Å². The van der Waals surface area contributed by atoms with Gasteiger partial charge in [-0.25, -0.2) is 28.5 Å². The van der Waals surface area contributed by atoms with E-state index in [-0.39, 0.29) is 18.6 Å². The number of nitrogens with zero attached hydrogens (tertiary/aromatic N) is 4. The molecule has 2 aromatic carbocycles. The number of carbonyl (C=O) groups excluding carboxylic acids is 1. The molecule has 1 saturated carbocycles. The standard InChI is InChI=1S/C36H41F2N5O3/c1-23-15-16-27-24(9-5-11-25-21-36(25,37)38)10-6-13-28(27)31(23)45-32-29(14-7-18-39-32)30-17-19-40-33(42-30)41-26-12-8-20-43(22-26)34(44)46-35(2,3)4/h6-7,10,13-19,25-26H,5,8-9,11-12,20-22H2,1-4H3,(H,40,41,42)/t25-,26+/m1/s1. The molecule has 0 radical (unpaired) electrons. The van der Waals surface area contributed by atoms with E-state index in [0.29, 0.717) is 48.3 Å². The molecule has 1 aliphatic heterocycles. The van der Waals surface area contributed by atoms with Crippen LogP contribution in [0.3, 0.4) is 0 Å². The molecule has 1 aliphatic carbocycles. The fourth-order valence-electron chi connectivity index (χ4n) is 6.09. The molecule has 2 fully saturated rings. The Labute approximate surface area is 268 Å². The maximum Gasteiger partial charge on any atom is 0.410 e. The Kier molecular flexibility index (Phi) is 8.81. The highest BCUT2D eigenvalue weighted by Gasteiger charge is 2.55. The molecular weight excluding hydrogens is 588 g/mol. The molecule has 46 heavy (non-hydrogen) atoms. The van der Waals surface area contributed by atoms with Crippen molar-refractivity contribution in [2.75, 3.05) is 18.4 Å². The summed E-state index contributed by atoms with van der Waals surface area (Å²) in [6.45, 7) is 8.74. The molecule has 1 saturated heterocycles. The number of pyridine rings is 1. The van der Waals surface area contributed by atoms with Crippen LogP contribution in [0.25, 0.3) is 22.0 Å². The number of anilines is 1. The number of carbonyl (C=O) groups is 1. The molecule has 0 bridgehead atoms. The van der Waals surface area contributed by atoms with Crippen LogP contribution in [-0.4, -0.2) is 56.6 Å². The van der Waals surface area contributed by atoms with Crippen LogP contribution in [0.1, 0.15) is 64.0 Å². The second-order valence-corrected chi connectivity index (χ2v) is 13.4. The first kappa shape index (κ1) is 31.6. The number of benzene rings is 2. The Morgan fingerprint density at radius 3 is 2.67 bits per heavy atom. The topological polar surface area (TPSA) is 89.5 Å². The zero-order valence-electron chi connectivity index (χ0n) is 26.9. The summed E-state index contributed by atoms with van der Waals surface area (Å²) in [7, 11) is 0. The highest BCUT2D eigenvalue weighted by Crippen LogP contribution is 2.51. The lowest BCUT2D eigenvalue weighted by molar-refractivity contribution is 0.0206. The molecule has 1 amide bonds. The number of ether oxygens (including phenoxy) is 2. The van der Waals surface area contributed by atoms with Crippen molar-refractivity contribution in [2.24, 2.45) is 5.92 Å². The van der Waals surface area contributed by atoms with Crippen LogP contribution in [0.15, 0.2) is 60.9 Å². The largest absolute Gasteiger partial charge is 0.444 e. The number of hydrogen-bond acceptors (Lipinski definition) is 7. The third kappa shape index (κ3) is 7.37. The predicted octanol–water partition coefficient (Wildman–Crippen LogP) is 8.58. The number of likely N-dealkylation sites (tertiary alicyclic amines) is 1. The highest BCUT2D eigenvalue weighted by molar-refractivity contribution is 5.92. The Morgan fingerprint density at radius 2 is 1.89 bits per heavy atom. The van der Waals surface area contributed by atoms with Gasteiger partial charge in [-0.2, -0.15) is 0 Å². The Bertz CT molecular complexity index is 1720. The summed E-state index contributed by atoms with van der Waals surface area (Å²) in [6, 6.07) is 15.7. The Hall–Kier alpha value is -4.34. The van der Waals surface area contributed by atoms with Gasteiger partial charge in [-0.1, -0.05) is 30.3 Å². The number of halogens is 2. The maximum absolute atomic E-state index is 13.4. The molecule has 2 aliphatic rings. The molecule has 242 valence electrons. The summed E-state index contributed by atoms with van der Waals surface area (Å²) in [5.41, 5.74) is 2.88. The number of hydrogen-bond donors (Lipinski definition) is 1. The minimum absolute atomic E-state index is 0.0172. The molecule has 10 heteroatoms. The van der Waals surface area contributed by atoms with E-state index in [0.717, 1.165) is 47.6 Å². The van der Waals surface area contributed by atoms with E-state index >= 15 is 0 Å². The van der Waals surface area contributed by atoms with Crippen molar-refractivity contribution in [3.63, 3.8) is 0 Å². The van der Waals surface area contributed by atoms with E-state index in [2.05, 4.69) is 27.4 Å². The van der Waals surface area contributed by atoms with Gasteiger partial charge in [0, 0.05) is 49.2 Å². The predicted molar refractivity (Wildman–Crippen MR) is 174 cm³/mol. The van der Waals surface area contributed by atoms with Gasteiger partial charge in [-0.05, 0) is 94.5 Å². The maximum atomic E-state index is 13.4. The molecule has 8 nitrogen and oxygen atoms in total. The molecule has 6 rings (SSSR count). The van der Waals surface area contributed by atoms with E-state index < -0.39 is 17.4 Å². The van der Waals surface area contributed by atoms with Crippen molar-refractivity contribution in [3.8, 4) is 22.9 Å². The van der Waals surface area contributed by atoms with Gasteiger partial charge >= 0.3 is 6.09 Å². The van der Waals surface area contributed by atoms with Gasteiger partial charge in [0.25, 0.3) is 5.92 Å². The quantitative estimate of drug-likeness (QED) is 0.198. The molecule has 2 aromatic heterocycles. The van der Waals surface area contributed by atoms with E-state index in [9.17, 15) is 13.6 Å². The molecule has 2 atom stereocenters. The first-order valence-corrected chi connectivity index (χ1v) is 16.1. The summed E-state index contributed by atoms with van der Waals surface area (Å²) in [4.78, 5) is 28.2. The number of aromatic nitrogens is 3. The number of fused-ring (bicyclic) bond motifs is 1. The van der Waals surface area contributed by atoms with Crippen molar-refractivity contribution in [3.05, 3.63) is 72.1 Å². The fraction of sp³-hybridized carbons (Fsp3) is 0.444. The van der Waals surface area contributed by atoms with Crippen LogP contribution in [0.5, 0.6) is 11.6 Å². The smallest absolute Gasteiger partial charge is 0.410 e. The van der Waals surface area contributed by atoms with Crippen LogP contribution in [-0.2, 0) is 11.2 Å². The third-order valence-corrected chi connectivity index (χ3v) is 8.56. The van der Waals surface area contributed by atoms with Crippen molar-refractivity contribution in [1.29, 1.82) is 0 Å². The minimum atomic E-state index is -2.48. The minimum Gasteiger partial charge on any atom is -0.444 e. The van der Waals surface area contributed by atoms with Gasteiger partial charge in [-0.15, -0.1) is 0 Å². The fourth-order valence-corrected chi connectivity index (χ4v) is 6.09. The number of amides is 1. The van der Waals surface area contributed by atoms with Gasteiger partial charge in [0.05, 0.1) is 11.3 Å². The first-order valence-electron chi connectivity index (χ1n) is 16.1. The van der Waals surface area contributed by atoms with E-state index in [1.54, 1.807) is 17.3 Å². The zero-order valence-corrected chi connectivity index (χ0v) is 26.9. The number of nitrogens with one attached hydrogen (secondary N) is 1. The Balaban J connectivity index is 1.20. The SMILES string of the molecule is Cc1ccc2c(CCC[C@@H]3CC3(F)F)cccc2c1Oc1ncccc1-c1ccnc(N[C@H]2CCCN(C(=O)OC(C)(C)C)C2)n1. The average Bonchev–Trinajstić information content (AvgIpc) is 3.63. The van der Waals surface area contributed by atoms with E-state index in [4.69, 9.17) is 14.5 Å². The number of aryl methyl sites for hydroxylation is 2. The molecule has 1 N–H and O–H groups in total. The highest BCUT2D eigenvalue weighted by atomic mass is 19.3. The molecule has 3 heterocycles. The summed E-state index contributed by atoms with van der Waals surface area (Å²) in [6.07, 6.45) is 6.80. The molecular formula is C36H41F2N5O3. The third-order valence-electron chi connectivity index (χ3n) is 8.56. The van der Waals surface area contributed by atoms with Crippen molar-refractivity contribution < 1.29 is 23.0 Å². The second-order valence-electron chi connectivity index (χ2n) is 13.4. The van der Waals surface area contributed by atoms with Gasteiger partial charge < -0.3 is 19.7 Å². The molecule has 0 unspecified atom stereocenters. The van der Waals surface area contributed by atoms with Crippen LogP contribution >= 0.6 is 0 Å². The van der Waals surface area contributed by atoms with Gasteiger partial charge in [0.2, 0.25) is 11.8 Å². The van der Waals surface area contributed by atoms with Crippen LogP contribution in [0, 0.1) is 12.8 Å². The lowest BCUT2D eigenvalue weighted by Gasteiger charge is -2.34. The van der Waals surface area contributed by atoms with Gasteiger partial charge in [0.15, 0.2) is 0 Å². The molecule has 4 aromatic rings. The number of rotatable bonds is 9. The second kappa shape index (κ2) is 12.8. The lowest BCUT2D eigenvalue weighted by Crippen LogP contribution is -2.47. The Morgan fingerprint density at radius 1 is 1.07 bits per heavy atom. The lowest BCUT2D eigenvalue weighted by atomic mass is 9.97. The van der Waals surface area contributed by atoms with Crippen molar-refractivity contribution in [2.45, 2.75) is 83.8 Å². The first-order chi connectivity index (χ1) is 22.0. The van der Waals surface area contributed by atoms with Crippen molar-refractivity contribution in [1.82, 2.24) is 19.9 Å². The average molecular weight is 630 g/mol. The summed E-state index contributed by atoms with van der Waals surface area (Å²) >= 11 is 0. The number of piperidine rings is 1. The van der Waals surface area contributed by atoms with Crippen LogP contribution in [0.2, 0.25) is 0 Å². The zero-order chi connectivity index (χ0) is 32.5. The van der Waals surface area contributed by atoms with Crippen molar-refractivity contribution >= 4 is 22.8 Å². The van der Waals surface area contributed by atoms with Gasteiger partial charge in [-0.3, -0.25) is 0 Å². The van der Waals surface area contributed by atoms with Crippen LogP contribution < -0.4 is 10.1 Å². The van der Waals surface area contributed by atoms with E-state index in [1.165, 1.54) is 0 Å².